The van der Waals surface area contributed by atoms with Gasteiger partial charge in [-0.3, -0.25) is 4.79 Å². The average molecular weight is 258 g/mol. The van der Waals surface area contributed by atoms with Crippen LogP contribution in [-0.2, 0) is 16.0 Å². The number of rotatable bonds is 6. The molecular formula is C15H18N2O2. The molecule has 1 heterocycles. The van der Waals surface area contributed by atoms with Crippen molar-refractivity contribution in [1.29, 1.82) is 0 Å². The molecule has 4 heteroatoms. The average Bonchev–Trinajstić information content (AvgIpc) is 2.89. The molecule has 0 spiro atoms. The van der Waals surface area contributed by atoms with E-state index in [4.69, 9.17) is 4.74 Å². The topological polar surface area (TPSA) is 44.1 Å². The third-order valence-electron chi connectivity index (χ3n) is 2.78. The largest absolute Gasteiger partial charge is 0.466 e. The van der Waals surface area contributed by atoms with Gasteiger partial charge in [0.25, 0.3) is 0 Å². The van der Waals surface area contributed by atoms with Crippen LogP contribution in [0.3, 0.4) is 0 Å². The molecule has 1 aromatic carbocycles. The van der Waals surface area contributed by atoms with Crippen molar-refractivity contribution in [2.24, 2.45) is 0 Å². The molecule has 0 fully saturated rings. The maximum absolute atomic E-state index is 11.2. The van der Waals surface area contributed by atoms with Crippen LogP contribution in [0.2, 0.25) is 0 Å². The van der Waals surface area contributed by atoms with Gasteiger partial charge in [0, 0.05) is 12.6 Å². The fourth-order valence-electron chi connectivity index (χ4n) is 1.87. The fourth-order valence-corrected chi connectivity index (χ4v) is 1.87. The van der Waals surface area contributed by atoms with Gasteiger partial charge >= 0.3 is 5.97 Å². The third-order valence-corrected chi connectivity index (χ3v) is 2.78. The molecule has 0 amide bonds. The van der Waals surface area contributed by atoms with E-state index in [1.165, 1.54) is 0 Å². The molecule has 0 aliphatic carbocycles. The van der Waals surface area contributed by atoms with Crippen molar-refractivity contribution >= 4 is 5.97 Å². The maximum atomic E-state index is 11.2. The molecule has 100 valence electrons. The van der Waals surface area contributed by atoms with Gasteiger partial charge in [0.15, 0.2) is 0 Å². The summed E-state index contributed by atoms with van der Waals surface area (Å²) in [4.78, 5) is 11.2. The molecule has 0 atom stereocenters. The summed E-state index contributed by atoms with van der Waals surface area (Å²) < 4.78 is 6.74. The Hall–Kier alpha value is -2.10. The van der Waals surface area contributed by atoms with Gasteiger partial charge in [-0.05, 0) is 38.0 Å². The summed E-state index contributed by atoms with van der Waals surface area (Å²) in [6.07, 6.45) is 3.95. The molecule has 2 aromatic rings. The number of hydrogen-bond acceptors (Lipinski definition) is 3. The smallest absolute Gasteiger partial charge is 0.305 e. The second-order valence-corrected chi connectivity index (χ2v) is 4.25. The Bertz CT molecular complexity index is 520. The Labute approximate surface area is 113 Å². The lowest BCUT2D eigenvalue weighted by Gasteiger charge is -2.01. The SMILES string of the molecule is CCOC(=O)CCCc1ccn(-c2ccccc2)n1. The summed E-state index contributed by atoms with van der Waals surface area (Å²) in [7, 11) is 0. The number of carbonyl (C=O) groups excluding carboxylic acids is 1. The molecule has 0 aliphatic rings. The number of aryl methyl sites for hydroxylation is 1. The van der Waals surface area contributed by atoms with E-state index >= 15 is 0 Å². The van der Waals surface area contributed by atoms with Crippen molar-refractivity contribution in [3.8, 4) is 5.69 Å². The van der Waals surface area contributed by atoms with Crippen molar-refractivity contribution in [1.82, 2.24) is 9.78 Å². The summed E-state index contributed by atoms with van der Waals surface area (Å²) >= 11 is 0. The molecule has 2 rings (SSSR count). The molecular weight excluding hydrogens is 240 g/mol. The Morgan fingerprint density at radius 3 is 2.79 bits per heavy atom. The fraction of sp³-hybridized carbons (Fsp3) is 0.333. The Morgan fingerprint density at radius 2 is 2.05 bits per heavy atom. The van der Waals surface area contributed by atoms with Gasteiger partial charge in [-0.2, -0.15) is 5.10 Å². The first-order valence-electron chi connectivity index (χ1n) is 6.55. The molecule has 0 saturated heterocycles. The summed E-state index contributed by atoms with van der Waals surface area (Å²) in [5.74, 6) is -0.134. The number of para-hydroxylation sites is 1. The van der Waals surface area contributed by atoms with Crippen molar-refractivity contribution < 1.29 is 9.53 Å². The van der Waals surface area contributed by atoms with Gasteiger partial charge in [0.2, 0.25) is 0 Å². The number of hydrogen-bond donors (Lipinski definition) is 0. The third kappa shape index (κ3) is 3.95. The molecule has 0 aliphatic heterocycles. The highest BCUT2D eigenvalue weighted by Crippen LogP contribution is 2.09. The Kier molecular flexibility index (Phi) is 4.72. The van der Waals surface area contributed by atoms with Crippen LogP contribution in [-0.4, -0.2) is 22.4 Å². The van der Waals surface area contributed by atoms with Gasteiger partial charge in [0.1, 0.15) is 0 Å². The summed E-state index contributed by atoms with van der Waals surface area (Å²) in [5.41, 5.74) is 2.03. The first-order chi connectivity index (χ1) is 9.29. The van der Waals surface area contributed by atoms with Gasteiger partial charge in [-0.15, -0.1) is 0 Å². The number of aromatic nitrogens is 2. The highest BCUT2D eigenvalue weighted by atomic mass is 16.5. The molecule has 4 nitrogen and oxygen atoms in total. The highest BCUT2D eigenvalue weighted by Gasteiger charge is 2.04. The van der Waals surface area contributed by atoms with Crippen LogP contribution in [0.5, 0.6) is 0 Å². The van der Waals surface area contributed by atoms with E-state index in [0.29, 0.717) is 13.0 Å². The Morgan fingerprint density at radius 1 is 1.26 bits per heavy atom. The minimum atomic E-state index is -0.134. The number of ether oxygens (including phenoxy) is 1. The summed E-state index contributed by atoms with van der Waals surface area (Å²) in [5, 5.41) is 4.49. The molecule has 1 aromatic heterocycles. The van der Waals surface area contributed by atoms with Crippen molar-refractivity contribution in [3.63, 3.8) is 0 Å². The van der Waals surface area contributed by atoms with Gasteiger partial charge in [-0.25, -0.2) is 4.68 Å². The maximum Gasteiger partial charge on any atom is 0.305 e. The zero-order chi connectivity index (χ0) is 13.5. The summed E-state index contributed by atoms with van der Waals surface area (Å²) in [6, 6.07) is 11.9. The number of nitrogens with zero attached hydrogens (tertiary/aromatic N) is 2. The normalized spacial score (nSPS) is 10.4. The minimum absolute atomic E-state index is 0.134. The van der Waals surface area contributed by atoms with Crippen LogP contribution in [0.4, 0.5) is 0 Å². The van der Waals surface area contributed by atoms with Crippen LogP contribution in [0.1, 0.15) is 25.5 Å². The van der Waals surface area contributed by atoms with Crippen LogP contribution >= 0.6 is 0 Å². The number of carbonyl (C=O) groups is 1. The van der Waals surface area contributed by atoms with E-state index in [9.17, 15) is 4.79 Å². The second-order valence-electron chi connectivity index (χ2n) is 4.25. The molecule has 0 saturated carbocycles. The zero-order valence-electron chi connectivity index (χ0n) is 11.1. The van der Waals surface area contributed by atoms with Gasteiger partial charge in [-0.1, -0.05) is 18.2 Å². The lowest BCUT2D eigenvalue weighted by atomic mass is 10.2. The first-order valence-corrected chi connectivity index (χ1v) is 6.55. The van der Waals surface area contributed by atoms with E-state index in [-0.39, 0.29) is 5.97 Å². The minimum Gasteiger partial charge on any atom is -0.466 e. The van der Waals surface area contributed by atoms with Crippen LogP contribution < -0.4 is 0 Å². The van der Waals surface area contributed by atoms with Crippen LogP contribution in [0, 0.1) is 0 Å². The molecule has 0 bridgehead atoms. The van der Waals surface area contributed by atoms with Crippen molar-refractivity contribution in [2.45, 2.75) is 26.2 Å². The van der Waals surface area contributed by atoms with E-state index in [0.717, 1.165) is 24.2 Å². The predicted molar refractivity (Wildman–Crippen MR) is 73.1 cm³/mol. The van der Waals surface area contributed by atoms with Gasteiger partial charge in [0.05, 0.1) is 18.0 Å². The first kappa shape index (κ1) is 13.3. The number of benzene rings is 1. The molecule has 0 unspecified atom stereocenters. The quantitative estimate of drug-likeness (QED) is 0.748. The monoisotopic (exact) mass is 258 g/mol. The van der Waals surface area contributed by atoms with Crippen molar-refractivity contribution in [2.75, 3.05) is 6.61 Å². The van der Waals surface area contributed by atoms with Crippen LogP contribution in [0.15, 0.2) is 42.6 Å². The van der Waals surface area contributed by atoms with Crippen LogP contribution in [0.25, 0.3) is 5.69 Å². The lowest BCUT2D eigenvalue weighted by Crippen LogP contribution is -2.04. The molecule has 0 radical (unpaired) electrons. The highest BCUT2D eigenvalue weighted by molar-refractivity contribution is 5.69. The van der Waals surface area contributed by atoms with E-state index in [2.05, 4.69) is 5.10 Å². The zero-order valence-corrected chi connectivity index (χ0v) is 11.1. The lowest BCUT2D eigenvalue weighted by molar-refractivity contribution is -0.143. The van der Waals surface area contributed by atoms with Gasteiger partial charge < -0.3 is 4.74 Å². The molecule has 0 N–H and O–H groups in total. The standard InChI is InChI=1S/C15H18N2O2/c1-2-19-15(18)10-6-7-13-11-12-17(16-13)14-8-4-3-5-9-14/h3-5,8-9,11-12H,2,6-7,10H2,1H3. The van der Waals surface area contributed by atoms with E-state index < -0.39 is 0 Å². The number of esters is 1. The van der Waals surface area contributed by atoms with E-state index in [1.54, 1.807) is 0 Å². The van der Waals surface area contributed by atoms with Crippen molar-refractivity contribution in [3.05, 3.63) is 48.3 Å². The predicted octanol–water partition coefficient (Wildman–Crippen LogP) is 2.76. The van der Waals surface area contributed by atoms with E-state index in [1.807, 2.05) is 54.2 Å². The summed E-state index contributed by atoms with van der Waals surface area (Å²) in [6.45, 7) is 2.26. The molecule has 19 heavy (non-hydrogen) atoms. The Balaban J connectivity index is 1.86. The second kappa shape index (κ2) is 6.73.